The first-order valence-corrected chi connectivity index (χ1v) is 8.81. The van der Waals surface area contributed by atoms with E-state index in [1.165, 1.54) is 41.4 Å². The number of nitrogens with zero attached hydrogens (tertiary/aromatic N) is 2. The molecule has 116 valence electrons. The number of rotatable bonds is 3. The molecule has 0 saturated carbocycles. The molecule has 0 aromatic heterocycles. The minimum atomic E-state index is 0.351. The van der Waals surface area contributed by atoms with Crippen LogP contribution in [-0.2, 0) is 0 Å². The molecule has 0 spiro atoms. The number of halogens is 1. The Labute approximate surface area is 136 Å². The van der Waals surface area contributed by atoms with Gasteiger partial charge in [-0.05, 0) is 50.4 Å². The Kier molecular flexibility index (Phi) is 4.69. The molecule has 0 aliphatic carbocycles. The number of aryl methyl sites for hydroxylation is 1. The number of nitrogens with two attached hydrogens (primary N) is 1. The monoisotopic (exact) mass is 351 g/mol. The van der Waals surface area contributed by atoms with Crippen LogP contribution in [0.15, 0.2) is 22.7 Å². The maximum Gasteiger partial charge on any atom is 0.0471 e. The number of hydrogen-bond donors (Lipinski definition) is 1. The maximum atomic E-state index is 6.14. The van der Waals surface area contributed by atoms with Crippen LogP contribution in [0.3, 0.4) is 0 Å². The molecule has 2 heterocycles. The van der Waals surface area contributed by atoms with Crippen LogP contribution < -0.4 is 5.73 Å². The zero-order valence-corrected chi connectivity index (χ0v) is 14.6. The Morgan fingerprint density at radius 2 is 2.05 bits per heavy atom. The molecule has 2 bridgehead atoms. The molecule has 21 heavy (non-hydrogen) atoms. The van der Waals surface area contributed by atoms with E-state index in [4.69, 9.17) is 5.73 Å². The average molecular weight is 352 g/mol. The van der Waals surface area contributed by atoms with Crippen LogP contribution in [0.4, 0.5) is 0 Å². The molecule has 2 aliphatic heterocycles. The number of hydrogen-bond acceptors (Lipinski definition) is 3. The second-order valence-corrected chi connectivity index (χ2v) is 7.45. The minimum Gasteiger partial charge on any atom is -0.329 e. The predicted octanol–water partition coefficient (Wildman–Crippen LogP) is 2.93. The van der Waals surface area contributed by atoms with Crippen molar-refractivity contribution in [1.82, 2.24) is 9.80 Å². The second-order valence-electron chi connectivity index (χ2n) is 6.59. The molecule has 4 heteroatoms. The summed E-state index contributed by atoms with van der Waals surface area (Å²) in [4.78, 5) is 5.21. The molecule has 0 radical (unpaired) electrons. The first kappa shape index (κ1) is 15.5. The lowest BCUT2D eigenvalue weighted by molar-refractivity contribution is 0.175. The van der Waals surface area contributed by atoms with Crippen molar-refractivity contribution in [2.45, 2.75) is 44.3 Å². The van der Waals surface area contributed by atoms with E-state index in [0.29, 0.717) is 18.6 Å². The summed E-state index contributed by atoms with van der Waals surface area (Å²) >= 11 is 3.59. The van der Waals surface area contributed by atoms with Gasteiger partial charge in [-0.2, -0.15) is 0 Å². The quantitative estimate of drug-likeness (QED) is 0.908. The SMILES string of the molecule is Cc1cc(C(CN)N2CCC3CCC(C2)N3C)ccc1Br. The summed E-state index contributed by atoms with van der Waals surface area (Å²) in [6, 6.07) is 8.51. The molecule has 2 saturated heterocycles. The van der Waals surface area contributed by atoms with E-state index in [-0.39, 0.29) is 0 Å². The molecule has 3 atom stereocenters. The third kappa shape index (κ3) is 3.04. The zero-order valence-electron chi connectivity index (χ0n) is 13.1. The van der Waals surface area contributed by atoms with Gasteiger partial charge >= 0.3 is 0 Å². The van der Waals surface area contributed by atoms with Gasteiger partial charge in [0.25, 0.3) is 0 Å². The van der Waals surface area contributed by atoms with E-state index in [2.05, 4.69) is 57.9 Å². The first-order chi connectivity index (χ1) is 10.1. The minimum absolute atomic E-state index is 0.351. The van der Waals surface area contributed by atoms with E-state index in [0.717, 1.165) is 12.6 Å². The topological polar surface area (TPSA) is 32.5 Å². The summed E-state index contributed by atoms with van der Waals surface area (Å²) in [7, 11) is 2.30. The highest BCUT2D eigenvalue weighted by Crippen LogP contribution is 2.32. The van der Waals surface area contributed by atoms with Crippen LogP contribution in [0.2, 0.25) is 0 Å². The summed E-state index contributed by atoms with van der Waals surface area (Å²) in [5.74, 6) is 0. The van der Waals surface area contributed by atoms with Gasteiger partial charge in [0, 0.05) is 42.2 Å². The average Bonchev–Trinajstić information content (AvgIpc) is 2.70. The standard InChI is InChI=1S/C17H26BrN3/c1-12-9-13(3-6-16(12)18)17(10-19)21-8-7-14-4-5-15(11-21)20(14)2/h3,6,9,14-15,17H,4-5,7-8,10-11,19H2,1-2H3. The van der Waals surface area contributed by atoms with Crippen LogP contribution in [0.25, 0.3) is 0 Å². The van der Waals surface area contributed by atoms with Crippen LogP contribution in [0, 0.1) is 6.92 Å². The summed E-state index contributed by atoms with van der Waals surface area (Å²) in [6.07, 6.45) is 3.99. The van der Waals surface area contributed by atoms with Crippen molar-refractivity contribution in [2.75, 3.05) is 26.7 Å². The molecule has 2 aliphatic rings. The third-order valence-corrected chi connectivity index (χ3v) is 6.30. The summed E-state index contributed by atoms with van der Waals surface area (Å²) in [5.41, 5.74) is 8.79. The van der Waals surface area contributed by atoms with E-state index in [1.807, 2.05) is 0 Å². The summed E-state index contributed by atoms with van der Waals surface area (Å²) in [6.45, 7) is 5.17. The first-order valence-electron chi connectivity index (χ1n) is 8.02. The largest absolute Gasteiger partial charge is 0.329 e. The lowest BCUT2D eigenvalue weighted by Crippen LogP contribution is -2.40. The summed E-state index contributed by atoms with van der Waals surface area (Å²) in [5, 5.41) is 0. The third-order valence-electron chi connectivity index (χ3n) is 5.41. The van der Waals surface area contributed by atoms with Crippen molar-refractivity contribution >= 4 is 15.9 Å². The Morgan fingerprint density at radius 3 is 2.76 bits per heavy atom. The molecule has 0 amide bonds. The molecule has 1 aromatic rings. The van der Waals surface area contributed by atoms with Gasteiger partial charge in [-0.15, -0.1) is 0 Å². The normalized spacial score (nSPS) is 28.6. The Morgan fingerprint density at radius 1 is 1.29 bits per heavy atom. The van der Waals surface area contributed by atoms with Gasteiger partial charge in [-0.25, -0.2) is 0 Å². The fraction of sp³-hybridized carbons (Fsp3) is 0.647. The smallest absolute Gasteiger partial charge is 0.0471 e. The van der Waals surface area contributed by atoms with Crippen molar-refractivity contribution in [2.24, 2.45) is 5.73 Å². The maximum absolute atomic E-state index is 6.14. The molecular formula is C17H26BrN3. The van der Waals surface area contributed by atoms with Crippen LogP contribution >= 0.6 is 15.9 Å². The number of likely N-dealkylation sites (N-methyl/N-ethyl adjacent to an activating group) is 1. The number of likely N-dealkylation sites (tertiary alicyclic amines) is 1. The molecule has 2 N–H and O–H groups in total. The molecule has 2 fully saturated rings. The highest BCUT2D eigenvalue weighted by molar-refractivity contribution is 9.10. The van der Waals surface area contributed by atoms with Crippen molar-refractivity contribution in [3.05, 3.63) is 33.8 Å². The van der Waals surface area contributed by atoms with Crippen molar-refractivity contribution in [1.29, 1.82) is 0 Å². The highest BCUT2D eigenvalue weighted by Gasteiger charge is 2.36. The fourth-order valence-corrected chi connectivity index (χ4v) is 4.24. The van der Waals surface area contributed by atoms with Crippen LogP contribution in [0.1, 0.15) is 36.4 Å². The van der Waals surface area contributed by atoms with Gasteiger partial charge in [0.2, 0.25) is 0 Å². The molecule has 1 aromatic carbocycles. The predicted molar refractivity (Wildman–Crippen MR) is 91.4 cm³/mol. The molecule has 3 unspecified atom stereocenters. The van der Waals surface area contributed by atoms with E-state index < -0.39 is 0 Å². The number of benzene rings is 1. The number of fused-ring (bicyclic) bond motifs is 2. The lowest BCUT2D eigenvalue weighted by atomic mass is 10.0. The molecule has 3 rings (SSSR count). The fourth-order valence-electron chi connectivity index (χ4n) is 3.99. The molecule has 3 nitrogen and oxygen atoms in total. The Hall–Kier alpha value is -0.420. The van der Waals surface area contributed by atoms with Gasteiger partial charge in [0.15, 0.2) is 0 Å². The highest BCUT2D eigenvalue weighted by atomic mass is 79.9. The Bertz CT molecular complexity index is 505. The summed E-state index contributed by atoms with van der Waals surface area (Å²) < 4.78 is 1.18. The van der Waals surface area contributed by atoms with E-state index >= 15 is 0 Å². The second kappa shape index (κ2) is 6.37. The van der Waals surface area contributed by atoms with Crippen LogP contribution in [-0.4, -0.2) is 48.6 Å². The van der Waals surface area contributed by atoms with Crippen LogP contribution in [0.5, 0.6) is 0 Å². The van der Waals surface area contributed by atoms with Crippen molar-refractivity contribution in [3.8, 4) is 0 Å². The van der Waals surface area contributed by atoms with E-state index in [9.17, 15) is 0 Å². The van der Waals surface area contributed by atoms with Crippen molar-refractivity contribution in [3.63, 3.8) is 0 Å². The van der Waals surface area contributed by atoms with Gasteiger partial charge < -0.3 is 5.73 Å². The van der Waals surface area contributed by atoms with Gasteiger partial charge in [-0.1, -0.05) is 28.1 Å². The zero-order chi connectivity index (χ0) is 15.0. The van der Waals surface area contributed by atoms with Gasteiger partial charge in [-0.3, -0.25) is 9.80 Å². The lowest BCUT2D eigenvalue weighted by Gasteiger charge is -2.33. The van der Waals surface area contributed by atoms with E-state index in [1.54, 1.807) is 0 Å². The molecular weight excluding hydrogens is 326 g/mol. The Balaban J connectivity index is 1.81. The van der Waals surface area contributed by atoms with Gasteiger partial charge in [0.05, 0.1) is 0 Å². The van der Waals surface area contributed by atoms with Crippen molar-refractivity contribution < 1.29 is 0 Å². The van der Waals surface area contributed by atoms with Gasteiger partial charge in [0.1, 0.15) is 0 Å².